The fourth-order valence-electron chi connectivity index (χ4n) is 2.75. The van der Waals surface area contributed by atoms with E-state index in [-0.39, 0.29) is 11.8 Å². The standard InChI is InChI=1S/C19H19N5O5/c1-2-21-19(28)23-8-6-12-9-13(3-4-15(12)23)29-14-5-7-22-16(10-14)24(18(20)27)11-17(25)26/h3-10H,2,11H2,1H3,(H2,20,27)(H,21,28)(H,25,26). The van der Waals surface area contributed by atoms with Gasteiger partial charge in [0, 0.05) is 30.4 Å². The molecule has 0 saturated carbocycles. The van der Waals surface area contributed by atoms with E-state index in [1.54, 1.807) is 36.5 Å². The van der Waals surface area contributed by atoms with E-state index >= 15 is 0 Å². The molecule has 0 unspecified atom stereocenters. The number of carbonyl (C=O) groups is 3. The summed E-state index contributed by atoms with van der Waals surface area (Å²) in [5.41, 5.74) is 5.96. The van der Waals surface area contributed by atoms with Gasteiger partial charge < -0.3 is 20.9 Å². The highest BCUT2D eigenvalue weighted by molar-refractivity contribution is 5.94. The smallest absolute Gasteiger partial charge is 0.326 e. The second kappa shape index (κ2) is 8.30. The number of urea groups is 1. The highest BCUT2D eigenvalue weighted by Crippen LogP contribution is 2.28. The van der Waals surface area contributed by atoms with E-state index in [0.717, 1.165) is 15.8 Å². The molecule has 2 aromatic heterocycles. The van der Waals surface area contributed by atoms with Crippen LogP contribution in [0.4, 0.5) is 15.4 Å². The van der Waals surface area contributed by atoms with Gasteiger partial charge in [0.25, 0.3) is 0 Å². The van der Waals surface area contributed by atoms with Crippen LogP contribution in [-0.4, -0.2) is 45.8 Å². The number of hydrogen-bond donors (Lipinski definition) is 3. The van der Waals surface area contributed by atoms with Crippen LogP contribution in [0.15, 0.2) is 48.8 Å². The lowest BCUT2D eigenvalue weighted by molar-refractivity contribution is -0.135. The Kier molecular flexibility index (Phi) is 5.63. The van der Waals surface area contributed by atoms with Gasteiger partial charge in [0.05, 0.1) is 5.52 Å². The lowest BCUT2D eigenvalue weighted by atomic mass is 10.2. The number of nitrogens with one attached hydrogen (secondary N) is 1. The van der Waals surface area contributed by atoms with Crippen molar-refractivity contribution in [3.8, 4) is 11.5 Å². The van der Waals surface area contributed by atoms with Crippen LogP contribution in [0.25, 0.3) is 10.9 Å². The minimum absolute atomic E-state index is 0.0564. The number of primary amides is 1. The molecule has 0 saturated heterocycles. The first-order valence-electron chi connectivity index (χ1n) is 8.71. The highest BCUT2D eigenvalue weighted by atomic mass is 16.5. The van der Waals surface area contributed by atoms with Gasteiger partial charge in [-0.15, -0.1) is 0 Å². The number of carboxylic acid groups (broad SMARTS) is 1. The molecule has 10 nitrogen and oxygen atoms in total. The summed E-state index contributed by atoms with van der Waals surface area (Å²) in [6.07, 6.45) is 3.05. The van der Waals surface area contributed by atoms with Crippen molar-refractivity contribution in [2.45, 2.75) is 6.92 Å². The molecule has 3 rings (SSSR count). The molecule has 0 atom stereocenters. The number of nitrogens with two attached hydrogens (primary N) is 1. The van der Waals surface area contributed by atoms with Gasteiger partial charge in [-0.3, -0.25) is 14.3 Å². The lowest BCUT2D eigenvalue weighted by Crippen LogP contribution is -2.40. The summed E-state index contributed by atoms with van der Waals surface area (Å²) in [6.45, 7) is 1.74. The van der Waals surface area contributed by atoms with Gasteiger partial charge in [-0.05, 0) is 37.3 Å². The molecular weight excluding hydrogens is 378 g/mol. The SMILES string of the molecule is CCNC(=O)n1ccc2cc(Oc3ccnc(N(CC(=O)O)C(N)=O)c3)ccc21. The Bertz CT molecular complexity index is 1080. The minimum Gasteiger partial charge on any atom is -0.480 e. The molecule has 10 heteroatoms. The van der Waals surface area contributed by atoms with E-state index in [2.05, 4.69) is 10.3 Å². The number of fused-ring (bicyclic) bond motifs is 1. The minimum atomic E-state index is -1.22. The fraction of sp³-hybridized carbons (Fsp3) is 0.158. The second-order valence-electron chi connectivity index (χ2n) is 6.01. The average molecular weight is 397 g/mol. The van der Waals surface area contributed by atoms with Crippen LogP contribution in [0.2, 0.25) is 0 Å². The summed E-state index contributed by atoms with van der Waals surface area (Å²) in [6, 6.07) is 8.81. The van der Waals surface area contributed by atoms with Crippen LogP contribution in [0, 0.1) is 0 Å². The number of aromatic nitrogens is 2. The molecule has 0 aliphatic carbocycles. The molecule has 4 N–H and O–H groups in total. The normalized spacial score (nSPS) is 10.5. The molecule has 0 fully saturated rings. The number of nitrogens with zero attached hydrogens (tertiary/aromatic N) is 3. The maximum absolute atomic E-state index is 12.1. The molecule has 150 valence electrons. The number of ether oxygens (including phenoxy) is 1. The molecule has 0 aliphatic rings. The van der Waals surface area contributed by atoms with Crippen LogP contribution in [-0.2, 0) is 4.79 Å². The van der Waals surface area contributed by atoms with Crippen molar-refractivity contribution in [2.75, 3.05) is 18.0 Å². The van der Waals surface area contributed by atoms with Crippen LogP contribution in [0.5, 0.6) is 11.5 Å². The quantitative estimate of drug-likeness (QED) is 0.583. The maximum atomic E-state index is 12.1. The Morgan fingerprint density at radius 3 is 2.66 bits per heavy atom. The molecule has 29 heavy (non-hydrogen) atoms. The largest absolute Gasteiger partial charge is 0.480 e. The monoisotopic (exact) mass is 397 g/mol. The van der Waals surface area contributed by atoms with E-state index in [1.165, 1.54) is 16.8 Å². The van der Waals surface area contributed by atoms with E-state index in [9.17, 15) is 14.4 Å². The zero-order chi connectivity index (χ0) is 21.0. The molecule has 3 aromatic rings. The third-order valence-corrected chi connectivity index (χ3v) is 4.00. The molecule has 3 amide bonds. The summed E-state index contributed by atoms with van der Waals surface area (Å²) in [7, 11) is 0. The number of benzene rings is 1. The Morgan fingerprint density at radius 2 is 1.97 bits per heavy atom. The number of pyridine rings is 1. The van der Waals surface area contributed by atoms with Crippen LogP contribution >= 0.6 is 0 Å². The topological polar surface area (TPSA) is 140 Å². The Labute approximate surface area is 165 Å². The number of rotatable bonds is 6. The van der Waals surface area contributed by atoms with Gasteiger partial charge in [0.2, 0.25) is 0 Å². The molecule has 1 aromatic carbocycles. The van der Waals surface area contributed by atoms with Gasteiger partial charge in [0.15, 0.2) is 0 Å². The third-order valence-electron chi connectivity index (χ3n) is 4.00. The van der Waals surface area contributed by atoms with Crippen molar-refractivity contribution in [3.63, 3.8) is 0 Å². The van der Waals surface area contributed by atoms with Crippen LogP contribution in [0.3, 0.4) is 0 Å². The Morgan fingerprint density at radius 1 is 1.21 bits per heavy atom. The first-order valence-corrected chi connectivity index (χ1v) is 8.71. The summed E-state index contributed by atoms with van der Waals surface area (Å²) in [5.74, 6) is -0.332. The number of carboxylic acids is 1. The van der Waals surface area contributed by atoms with Crippen molar-refractivity contribution in [2.24, 2.45) is 5.73 Å². The van der Waals surface area contributed by atoms with Crippen LogP contribution < -0.4 is 20.7 Å². The summed E-state index contributed by atoms with van der Waals surface area (Å²) >= 11 is 0. The van der Waals surface area contributed by atoms with Gasteiger partial charge in [0.1, 0.15) is 23.9 Å². The van der Waals surface area contributed by atoms with Crippen molar-refractivity contribution < 1.29 is 24.2 Å². The van der Waals surface area contributed by atoms with Crippen LogP contribution in [0.1, 0.15) is 6.92 Å². The predicted octanol–water partition coefficient (Wildman–Crippen LogP) is 2.38. The summed E-state index contributed by atoms with van der Waals surface area (Å²) in [4.78, 5) is 39.3. The number of aliphatic carboxylic acids is 1. The number of hydrogen-bond acceptors (Lipinski definition) is 5. The molecule has 0 radical (unpaired) electrons. The summed E-state index contributed by atoms with van der Waals surface area (Å²) < 4.78 is 7.31. The van der Waals surface area contributed by atoms with Crippen molar-refractivity contribution in [3.05, 3.63) is 48.8 Å². The zero-order valence-corrected chi connectivity index (χ0v) is 15.5. The van der Waals surface area contributed by atoms with E-state index in [0.29, 0.717) is 18.0 Å². The predicted molar refractivity (Wildman–Crippen MR) is 105 cm³/mol. The average Bonchev–Trinajstić information content (AvgIpc) is 3.09. The molecule has 0 aliphatic heterocycles. The third kappa shape index (κ3) is 4.43. The Balaban J connectivity index is 1.84. The zero-order valence-electron chi connectivity index (χ0n) is 15.5. The molecular formula is C19H19N5O5. The number of anilines is 1. The first-order chi connectivity index (χ1) is 13.9. The molecule has 2 heterocycles. The highest BCUT2D eigenvalue weighted by Gasteiger charge is 2.18. The van der Waals surface area contributed by atoms with E-state index in [1.807, 2.05) is 6.92 Å². The summed E-state index contributed by atoms with van der Waals surface area (Å²) in [5, 5.41) is 12.5. The van der Waals surface area contributed by atoms with Gasteiger partial charge in [-0.1, -0.05) is 0 Å². The molecule has 0 bridgehead atoms. The number of carbonyl (C=O) groups excluding carboxylic acids is 2. The first kappa shape index (κ1) is 19.7. The van der Waals surface area contributed by atoms with Crippen molar-refractivity contribution >= 4 is 34.8 Å². The van der Waals surface area contributed by atoms with E-state index < -0.39 is 18.5 Å². The van der Waals surface area contributed by atoms with Crippen molar-refractivity contribution in [1.29, 1.82) is 0 Å². The second-order valence-corrected chi connectivity index (χ2v) is 6.01. The maximum Gasteiger partial charge on any atom is 0.326 e. The number of amides is 3. The fourth-order valence-corrected chi connectivity index (χ4v) is 2.75. The van der Waals surface area contributed by atoms with Gasteiger partial charge in [-0.25, -0.2) is 14.6 Å². The lowest BCUT2D eigenvalue weighted by Gasteiger charge is -2.17. The van der Waals surface area contributed by atoms with Gasteiger partial charge in [-0.2, -0.15) is 0 Å². The Hall–Kier alpha value is -4.08. The van der Waals surface area contributed by atoms with E-state index in [4.69, 9.17) is 15.6 Å². The van der Waals surface area contributed by atoms with Gasteiger partial charge >= 0.3 is 18.0 Å². The van der Waals surface area contributed by atoms with Crippen molar-refractivity contribution in [1.82, 2.24) is 14.9 Å². The molecule has 0 spiro atoms.